The summed E-state index contributed by atoms with van der Waals surface area (Å²) in [5.74, 6) is 5.09. The van der Waals surface area contributed by atoms with Crippen LogP contribution >= 0.6 is 0 Å². The van der Waals surface area contributed by atoms with Gasteiger partial charge in [0.1, 0.15) is 0 Å². The largest absolute Gasteiger partial charge is 0.396 e. The second kappa shape index (κ2) is 14.9. The second-order valence-electron chi connectivity index (χ2n) is 22.1. The van der Waals surface area contributed by atoms with Crippen molar-refractivity contribution in [2.75, 3.05) is 19.7 Å². The van der Waals surface area contributed by atoms with E-state index in [-0.39, 0.29) is 35.6 Å². The number of hydrogen-bond donors (Lipinski definition) is 4. The zero-order valence-corrected chi connectivity index (χ0v) is 35.4. The molecule has 15 atom stereocenters. The van der Waals surface area contributed by atoms with Gasteiger partial charge in [-0.2, -0.15) is 0 Å². The fraction of sp³-hybridized carbons (Fsp3) is 0.731. The van der Waals surface area contributed by atoms with Gasteiger partial charge in [0.2, 0.25) is 0 Å². The topological polar surface area (TPSA) is 84.2 Å². The van der Waals surface area contributed by atoms with E-state index >= 15 is 0 Å². The first-order valence-electron chi connectivity index (χ1n) is 23.8. The quantitative estimate of drug-likeness (QED) is 0.135. The highest BCUT2D eigenvalue weighted by Crippen LogP contribution is 2.71. The number of hydrogen-bond acceptors (Lipinski definition) is 5. The fourth-order valence-corrected chi connectivity index (χ4v) is 16.5. The van der Waals surface area contributed by atoms with Crippen molar-refractivity contribution in [2.45, 2.75) is 154 Å². The predicted octanol–water partition coefficient (Wildman–Crippen LogP) is 9.72. The minimum absolute atomic E-state index is 0.0185. The summed E-state index contributed by atoms with van der Waals surface area (Å²) in [5, 5.41) is 50.8. The minimum Gasteiger partial charge on any atom is -0.396 e. The zero-order valence-electron chi connectivity index (χ0n) is 35.4. The van der Waals surface area contributed by atoms with Gasteiger partial charge in [0.15, 0.2) is 0 Å². The Kier molecular flexibility index (Phi) is 10.2. The molecule has 2 heterocycles. The molecule has 5 aliphatic carbocycles. The lowest BCUT2D eigenvalue weighted by Gasteiger charge is -2.60. The van der Waals surface area contributed by atoms with Crippen molar-refractivity contribution in [3.05, 3.63) is 59.7 Å². The zero-order chi connectivity index (χ0) is 39.3. The van der Waals surface area contributed by atoms with Gasteiger partial charge < -0.3 is 20.4 Å². The first-order chi connectivity index (χ1) is 27.5. The number of aliphatic hydroxyl groups excluding tert-OH is 3. The molecular weight excluding hydrogens is 703 g/mol. The predicted molar refractivity (Wildman–Crippen MR) is 231 cm³/mol. The van der Waals surface area contributed by atoms with Crippen LogP contribution in [0.5, 0.6) is 0 Å². The number of nitrogens with zero attached hydrogens (tertiary/aromatic N) is 1. The molecule has 5 heteroatoms. The van der Waals surface area contributed by atoms with E-state index in [0.29, 0.717) is 47.5 Å². The van der Waals surface area contributed by atoms with Gasteiger partial charge in [0.25, 0.3) is 0 Å². The van der Waals surface area contributed by atoms with E-state index in [0.717, 1.165) is 89.5 Å². The van der Waals surface area contributed by atoms with Crippen LogP contribution in [0.4, 0.5) is 0 Å². The molecule has 4 N–H and O–H groups in total. The molecule has 5 nitrogen and oxygen atoms in total. The summed E-state index contributed by atoms with van der Waals surface area (Å²) in [4.78, 5) is 2.71. The number of benzene rings is 3. The fourth-order valence-electron chi connectivity index (χ4n) is 16.5. The van der Waals surface area contributed by atoms with Crippen LogP contribution in [-0.2, 0) is 12.8 Å². The Morgan fingerprint density at radius 3 is 2.47 bits per heavy atom. The summed E-state index contributed by atoms with van der Waals surface area (Å²) < 4.78 is 0. The van der Waals surface area contributed by atoms with Crippen LogP contribution in [0.2, 0.25) is 0 Å². The van der Waals surface area contributed by atoms with Gasteiger partial charge in [-0.15, -0.1) is 0 Å². The van der Waals surface area contributed by atoms with E-state index in [4.69, 9.17) is 0 Å². The van der Waals surface area contributed by atoms with Gasteiger partial charge in [-0.3, -0.25) is 4.90 Å². The van der Waals surface area contributed by atoms with Gasteiger partial charge >= 0.3 is 0 Å². The van der Waals surface area contributed by atoms with Gasteiger partial charge in [-0.05, 0) is 219 Å². The third kappa shape index (κ3) is 6.57. The number of aliphatic hydroxyl groups is 4. The van der Waals surface area contributed by atoms with Crippen molar-refractivity contribution >= 4 is 21.5 Å². The summed E-state index contributed by atoms with van der Waals surface area (Å²) in [6.07, 6.45) is 18.1. The molecule has 0 radical (unpaired) electrons. The van der Waals surface area contributed by atoms with E-state index in [9.17, 15) is 20.4 Å². The lowest BCUT2D eigenvalue weighted by Crippen LogP contribution is -2.67. The van der Waals surface area contributed by atoms with Gasteiger partial charge in [-0.25, -0.2) is 0 Å². The lowest BCUT2D eigenvalue weighted by atomic mass is 9.46. The van der Waals surface area contributed by atoms with Crippen molar-refractivity contribution < 1.29 is 20.4 Å². The Hall–Kier alpha value is -2.02. The maximum atomic E-state index is 12.2. The van der Waals surface area contributed by atoms with Crippen LogP contribution in [0.1, 0.15) is 128 Å². The molecule has 0 amide bonds. The van der Waals surface area contributed by atoms with E-state index in [2.05, 4.69) is 74.2 Å². The summed E-state index contributed by atoms with van der Waals surface area (Å²) in [6, 6.07) is 18.9. The molecule has 3 aromatic carbocycles. The summed E-state index contributed by atoms with van der Waals surface area (Å²) in [6.45, 7) is 9.77. The van der Waals surface area contributed by atoms with Gasteiger partial charge in [0.05, 0.1) is 17.8 Å². The lowest BCUT2D eigenvalue weighted by molar-refractivity contribution is -0.180. The van der Waals surface area contributed by atoms with E-state index < -0.39 is 5.60 Å². The van der Waals surface area contributed by atoms with Crippen molar-refractivity contribution in [1.82, 2.24) is 4.90 Å². The normalized spacial score (nSPS) is 44.1. The molecule has 1 spiro atoms. The second-order valence-corrected chi connectivity index (χ2v) is 22.1. The van der Waals surface area contributed by atoms with Crippen molar-refractivity contribution in [3.8, 4) is 0 Å². The molecule has 2 saturated heterocycles. The summed E-state index contributed by atoms with van der Waals surface area (Å²) in [5.41, 5.74) is 2.30. The first kappa shape index (κ1) is 39.1. The molecular formula is C52H73NO4. The van der Waals surface area contributed by atoms with Crippen molar-refractivity contribution in [3.63, 3.8) is 0 Å². The first-order valence-corrected chi connectivity index (χ1v) is 23.8. The Balaban J connectivity index is 0.841. The molecule has 7 fully saturated rings. The molecule has 3 aromatic rings. The Bertz CT molecular complexity index is 1940. The molecule has 10 rings (SSSR count). The van der Waals surface area contributed by atoms with Gasteiger partial charge in [-0.1, -0.05) is 56.7 Å². The van der Waals surface area contributed by atoms with Gasteiger partial charge in [0, 0.05) is 25.7 Å². The van der Waals surface area contributed by atoms with Crippen LogP contribution < -0.4 is 0 Å². The highest BCUT2D eigenvalue weighted by molar-refractivity contribution is 5.99. The highest BCUT2D eigenvalue weighted by atomic mass is 16.3. The monoisotopic (exact) mass is 776 g/mol. The number of unbranched alkanes of at least 4 members (excludes halogenated alkanes) is 2. The summed E-state index contributed by atoms with van der Waals surface area (Å²) in [7, 11) is 0. The Morgan fingerprint density at radius 1 is 0.737 bits per heavy atom. The summed E-state index contributed by atoms with van der Waals surface area (Å²) >= 11 is 0. The number of rotatable bonds is 8. The Morgan fingerprint density at radius 2 is 1.61 bits per heavy atom. The molecule has 57 heavy (non-hydrogen) atoms. The molecule has 7 aliphatic rings. The van der Waals surface area contributed by atoms with Crippen LogP contribution in [0.3, 0.4) is 0 Å². The maximum Gasteiger partial charge on any atom is 0.0805 e. The van der Waals surface area contributed by atoms with Crippen LogP contribution in [0.25, 0.3) is 21.5 Å². The van der Waals surface area contributed by atoms with Crippen LogP contribution in [0.15, 0.2) is 48.5 Å². The van der Waals surface area contributed by atoms with Crippen molar-refractivity contribution in [2.24, 2.45) is 64.1 Å². The van der Waals surface area contributed by atoms with Crippen LogP contribution in [0, 0.1) is 64.1 Å². The minimum atomic E-state index is -0.600. The van der Waals surface area contributed by atoms with E-state index in [1.54, 1.807) is 0 Å². The third-order valence-electron chi connectivity index (χ3n) is 19.1. The molecule has 0 unspecified atom stereocenters. The molecule has 0 bridgehead atoms. The number of piperidine rings is 2. The molecule has 5 saturated carbocycles. The van der Waals surface area contributed by atoms with E-state index in [1.807, 2.05) is 0 Å². The standard InChI is InChI=1S/C52H73NO4/c1-32-11-18-48-51(3,57)44-17-16-39-41(43(44)30-53(48)29-32)25-45-42(39)26-47(55)46-27-49(56)52(31-50(45,46)2)20-19-34(28-52)13-12-33-14-15-36-23-37-10-7-9-35(8-5-4-6-21-54)40(37)24-38(36)22-33/h7,9-10,14-15,22-24,32,34,39,41-49,54-57H,4-6,8,11-13,16-21,25-31H2,1-3H3/t32-,34+,39+,41+,42+,43+,44-,45-,46+,47+,48-,49-,50-,51+,52-/m1/s1. The molecule has 2 aliphatic heterocycles. The number of fused-ring (bicyclic) bond motifs is 10. The SMILES string of the molecule is C[C@@H]1CC[C@H]2N(C1)C[C@H]1[C@H]3C[C@@H]4[C@@H](C[C@H](O)[C@@H]5C[C@@H](O)[C@@]6(CC[C@H](CCc7ccc8cc9cccc(CCCCCO)c9cc8c7)C6)C[C@]45C)[C@H]3CC[C@H]1[C@]2(C)O. The van der Waals surface area contributed by atoms with E-state index in [1.165, 1.54) is 71.3 Å². The highest BCUT2D eigenvalue weighted by Gasteiger charge is 2.67. The average molecular weight is 776 g/mol. The third-order valence-corrected chi connectivity index (χ3v) is 19.1. The van der Waals surface area contributed by atoms with Crippen LogP contribution in [-0.4, -0.2) is 68.9 Å². The number of aryl methyl sites for hydroxylation is 2. The Labute approximate surface area is 343 Å². The average Bonchev–Trinajstić information content (AvgIpc) is 3.78. The maximum absolute atomic E-state index is 12.2. The van der Waals surface area contributed by atoms with Crippen molar-refractivity contribution in [1.29, 1.82) is 0 Å². The molecule has 310 valence electrons. The molecule has 0 aromatic heterocycles. The smallest absolute Gasteiger partial charge is 0.0805 e.